The molecule has 0 bridgehead atoms. The van der Waals surface area contributed by atoms with E-state index in [-0.39, 0.29) is 23.9 Å². The topological polar surface area (TPSA) is 103 Å². The third kappa shape index (κ3) is 5.00. The van der Waals surface area contributed by atoms with Crippen LogP contribution in [0.1, 0.15) is 47.7 Å². The predicted molar refractivity (Wildman–Crippen MR) is 136 cm³/mol. The number of hydrogen-bond donors (Lipinski definition) is 2. The molecule has 35 heavy (non-hydrogen) atoms. The van der Waals surface area contributed by atoms with Gasteiger partial charge in [-0.05, 0) is 49.6 Å². The first-order valence-electron chi connectivity index (χ1n) is 11.4. The van der Waals surface area contributed by atoms with Crippen molar-refractivity contribution in [3.8, 4) is 6.07 Å². The Bertz CT molecular complexity index is 1300. The molecule has 0 aliphatic heterocycles. The van der Waals surface area contributed by atoms with Gasteiger partial charge in [-0.2, -0.15) is 5.26 Å². The zero-order chi connectivity index (χ0) is 25.2. The molecule has 3 aromatic rings. The van der Waals surface area contributed by atoms with Gasteiger partial charge >= 0.3 is 0 Å². The van der Waals surface area contributed by atoms with Crippen molar-refractivity contribution in [2.75, 3.05) is 11.1 Å². The summed E-state index contributed by atoms with van der Waals surface area (Å²) in [5.74, 6) is -1.31. The molecule has 3 unspecified atom stereocenters. The van der Waals surface area contributed by atoms with E-state index >= 15 is 0 Å². The zero-order valence-electron chi connectivity index (χ0n) is 19.9. The summed E-state index contributed by atoms with van der Waals surface area (Å²) in [5, 5.41) is 24.9. The third-order valence-electron chi connectivity index (χ3n) is 6.45. The number of nitrogens with zero attached hydrogens (tertiary/aromatic N) is 2. The van der Waals surface area contributed by atoms with Gasteiger partial charge in [-0.15, -0.1) is 0 Å². The summed E-state index contributed by atoms with van der Waals surface area (Å²) >= 11 is 1.20. The molecule has 4 rings (SSSR count). The molecular formula is C28H27N3O3S. The first-order chi connectivity index (χ1) is 16.7. The molecular weight excluding hydrogens is 458 g/mol. The number of ketones is 1. The van der Waals surface area contributed by atoms with E-state index in [2.05, 4.69) is 11.4 Å². The third-order valence-corrected chi connectivity index (χ3v) is 7.43. The maximum atomic E-state index is 12.8. The minimum atomic E-state index is -1.34. The van der Waals surface area contributed by atoms with Crippen molar-refractivity contribution in [1.29, 1.82) is 5.26 Å². The van der Waals surface area contributed by atoms with Gasteiger partial charge in [-0.1, -0.05) is 60.3 Å². The van der Waals surface area contributed by atoms with Gasteiger partial charge in [0.25, 0.3) is 0 Å². The molecule has 178 valence electrons. The second-order valence-corrected chi connectivity index (χ2v) is 10.1. The van der Waals surface area contributed by atoms with Gasteiger partial charge in [0.15, 0.2) is 0 Å². The van der Waals surface area contributed by atoms with Crippen molar-refractivity contribution < 1.29 is 14.7 Å². The lowest BCUT2D eigenvalue weighted by atomic mass is 9.62. The fourth-order valence-electron chi connectivity index (χ4n) is 5.10. The minimum absolute atomic E-state index is 0.0867. The average Bonchev–Trinajstić information content (AvgIpc) is 2.82. The van der Waals surface area contributed by atoms with Crippen LogP contribution in [0.15, 0.2) is 65.7 Å². The average molecular weight is 486 g/mol. The Labute approximate surface area is 209 Å². The van der Waals surface area contributed by atoms with Crippen LogP contribution >= 0.6 is 11.8 Å². The number of amides is 1. The minimum Gasteiger partial charge on any atom is -0.389 e. The van der Waals surface area contributed by atoms with E-state index in [0.29, 0.717) is 27.5 Å². The van der Waals surface area contributed by atoms with Crippen molar-refractivity contribution >= 4 is 29.1 Å². The number of thioether (sulfide) groups is 1. The van der Waals surface area contributed by atoms with Crippen LogP contribution in [-0.4, -0.2) is 33.1 Å². The van der Waals surface area contributed by atoms with Gasteiger partial charge in [0.05, 0.1) is 22.8 Å². The Kier molecular flexibility index (Phi) is 7.06. The van der Waals surface area contributed by atoms with Crippen LogP contribution < -0.4 is 5.32 Å². The van der Waals surface area contributed by atoms with Crippen LogP contribution in [0.25, 0.3) is 0 Å². The number of anilines is 1. The number of nitrogens with one attached hydrogen (secondary N) is 1. The molecule has 2 aromatic carbocycles. The number of aromatic nitrogens is 1. The number of carbonyl (C=O) groups excluding carboxylic acids is 2. The Morgan fingerprint density at radius 2 is 1.80 bits per heavy atom. The molecule has 1 aliphatic carbocycles. The molecule has 0 fully saturated rings. The maximum Gasteiger partial charge on any atom is 0.234 e. The van der Waals surface area contributed by atoms with E-state index in [4.69, 9.17) is 4.98 Å². The number of aliphatic hydroxyl groups is 1. The van der Waals surface area contributed by atoms with E-state index in [1.54, 1.807) is 6.92 Å². The van der Waals surface area contributed by atoms with Crippen LogP contribution in [0.2, 0.25) is 0 Å². The molecule has 1 aromatic heterocycles. The molecule has 7 heteroatoms. The fraction of sp³-hybridized carbons (Fsp3) is 0.286. The van der Waals surface area contributed by atoms with E-state index in [9.17, 15) is 20.0 Å². The van der Waals surface area contributed by atoms with Crippen LogP contribution in [0.5, 0.6) is 0 Å². The molecule has 1 aliphatic rings. The largest absolute Gasteiger partial charge is 0.389 e. The van der Waals surface area contributed by atoms with Crippen molar-refractivity contribution in [3.05, 3.63) is 88.6 Å². The van der Waals surface area contributed by atoms with Gasteiger partial charge in [-0.25, -0.2) is 4.98 Å². The van der Waals surface area contributed by atoms with Crippen LogP contribution in [0.3, 0.4) is 0 Å². The lowest BCUT2D eigenvalue weighted by molar-refractivity contribution is -0.130. The molecule has 6 nitrogen and oxygen atoms in total. The molecule has 0 radical (unpaired) electrons. The van der Waals surface area contributed by atoms with Gasteiger partial charge in [-0.3, -0.25) is 9.59 Å². The van der Waals surface area contributed by atoms with Gasteiger partial charge in [0.1, 0.15) is 16.9 Å². The summed E-state index contributed by atoms with van der Waals surface area (Å²) in [6.45, 7) is 5.03. The number of nitriles is 1. The monoisotopic (exact) mass is 485 g/mol. The second-order valence-electron chi connectivity index (χ2n) is 9.09. The first kappa shape index (κ1) is 24.6. The van der Waals surface area contributed by atoms with Crippen molar-refractivity contribution in [2.24, 2.45) is 5.92 Å². The molecule has 3 atom stereocenters. The quantitative estimate of drug-likeness (QED) is 0.493. The Hall–Kier alpha value is -3.47. The number of fused-ring (bicyclic) bond motifs is 1. The summed E-state index contributed by atoms with van der Waals surface area (Å²) in [6, 6.07) is 21.0. The number of aryl methyl sites for hydroxylation is 1. The van der Waals surface area contributed by atoms with E-state index in [1.165, 1.54) is 18.7 Å². The molecule has 1 amide bonds. The predicted octanol–water partition coefficient (Wildman–Crippen LogP) is 4.64. The summed E-state index contributed by atoms with van der Waals surface area (Å²) in [5.41, 5.74) is 2.81. The van der Waals surface area contributed by atoms with Crippen molar-refractivity contribution in [1.82, 2.24) is 4.98 Å². The van der Waals surface area contributed by atoms with Gasteiger partial charge < -0.3 is 10.4 Å². The molecule has 1 heterocycles. The SMILES string of the molecule is CC(=O)C1C(c2ccccc2)c2c(C)nc(SCC(=O)Nc3ccccc3)c(C#N)c2CC1(C)O. The number of carbonyl (C=O) groups is 2. The van der Waals surface area contributed by atoms with Crippen LogP contribution in [0, 0.1) is 24.2 Å². The van der Waals surface area contributed by atoms with Crippen molar-refractivity contribution in [3.63, 3.8) is 0 Å². The fourth-order valence-corrected chi connectivity index (χ4v) is 5.96. The van der Waals surface area contributed by atoms with E-state index < -0.39 is 17.4 Å². The van der Waals surface area contributed by atoms with Crippen molar-refractivity contribution in [2.45, 2.75) is 43.7 Å². The van der Waals surface area contributed by atoms with Gasteiger partial charge in [0.2, 0.25) is 5.91 Å². The molecule has 0 saturated heterocycles. The number of benzene rings is 2. The highest BCUT2D eigenvalue weighted by Crippen LogP contribution is 2.48. The highest BCUT2D eigenvalue weighted by molar-refractivity contribution is 8.00. The number of hydrogen-bond acceptors (Lipinski definition) is 6. The Morgan fingerprint density at radius 3 is 2.40 bits per heavy atom. The molecule has 0 saturated carbocycles. The maximum absolute atomic E-state index is 12.8. The summed E-state index contributed by atoms with van der Waals surface area (Å²) in [6.07, 6.45) is 0.159. The molecule has 2 N–H and O–H groups in total. The van der Waals surface area contributed by atoms with Crippen LogP contribution in [-0.2, 0) is 16.0 Å². The Balaban J connectivity index is 1.74. The van der Waals surface area contributed by atoms with E-state index in [1.807, 2.05) is 67.6 Å². The summed E-state index contributed by atoms with van der Waals surface area (Å²) < 4.78 is 0. The molecule has 0 spiro atoms. The lowest BCUT2D eigenvalue weighted by Crippen LogP contribution is -2.48. The Morgan fingerprint density at radius 1 is 1.17 bits per heavy atom. The number of rotatable bonds is 6. The van der Waals surface area contributed by atoms with Crippen LogP contribution in [0.4, 0.5) is 5.69 Å². The highest BCUT2D eigenvalue weighted by atomic mass is 32.2. The first-order valence-corrected chi connectivity index (χ1v) is 12.4. The number of para-hydroxylation sites is 1. The lowest BCUT2D eigenvalue weighted by Gasteiger charge is -2.43. The normalized spacial score (nSPS) is 21.0. The van der Waals surface area contributed by atoms with Gasteiger partial charge in [0, 0.05) is 23.7 Å². The number of Topliss-reactive ketones (excluding diaryl/α,β-unsaturated/α-hetero) is 1. The number of pyridine rings is 1. The highest BCUT2D eigenvalue weighted by Gasteiger charge is 2.48. The van der Waals surface area contributed by atoms with E-state index in [0.717, 1.165) is 11.1 Å². The standard InChI is InChI=1S/C28H27N3O3S/c1-17-24-21(14-28(3,34)26(18(2)32)25(24)19-10-6-4-7-11-19)22(15-29)27(30-17)35-16-23(33)31-20-12-8-5-9-13-20/h4-13,25-26,34H,14,16H2,1-3H3,(H,31,33). The zero-order valence-corrected chi connectivity index (χ0v) is 20.7. The summed E-state index contributed by atoms with van der Waals surface area (Å²) in [7, 11) is 0. The summed E-state index contributed by atoms with van der Waals surface area (Å²) in [4.78, 5) is 30.0. The smallest absolute Gasteiger partial charge is 0.234 e. The second kappa shape index (κ2) is 10.0.